The largest absolute Gasteiger partial charge is 0.313 e. The lowest BCUT2D eigenvalue weighted by Crippen LogP contribution is -2.16. The minimum absolute atomic E-state index is 0.861. The van der Waals surface area contributed by atoms with Crippen molar-refractivity contribution < 1.29 is 0 Å². The summed E-state index contributed by atoms with van der Waals surface area (Å²) in [6, 6.07) is 9.07. The van der Waals surface area contributed by atoms with Gasteiger partial charge in [-0.2, -0.15) is 0 Å². The van der Waals surface area contributed by atoms with Gasteiger partial charge in [-0.3, -0.25) is 0 Å². The first-order valence-electron chi connectivity index (χ1n) is 6.77. The third-order valence-corrected chi connectivity index (χ3v) is 3.23. The molecule has 0 amide bonds. The van der Waals surface area contributed by atoms with Crippen molar-refractivity contribution >= 4 is 6.08 Å². The Bertz CT molecular complexity index is 371. The van der Waals surface area contributed by atoms with Crippen LogP contribution in [0.3, 0.4) is 0 Å². The van der Waals surface area contributed by atoms with Crippen LogP contribution in [0.1, 0.15) is 50.2 Å². The van der Waals surface area contributed by atoms with Crippen molar-refractivity contribution in [3.63, 3.8) is 0 Å². The van der Waals surface area contributed by atoms with Crippen LogP contribution in [0.2, 0.25) is 0 Å². The molecule has 17 heavy (non-hydrogen) atoms. The van der Waals surface area contributed by atoms with Crippen LogP contribution in [-0.2, 0) is 0 Å². The van der Waals surface area contributed by atoms with Crippen molar-refractivity contribution in [2.45, 2.75) is 39.0 Å². The first-order valence-corrected chi connectivity index (χ1v) is 6.77. The fourth-order valence-electron chi connectivity index (χ4n) is 2.08. The Labute approximate surface area is 105 Å². The van der Waals surface area contributed by atoms with Crippen LogP contribution in [0, 0.1) is 0 Å². The van der Waals surface area contributed by atoms with Gasteiger partial charge in [-0.15, -0.1) is 0 Å². The van der Waals surface area contributed by atoms with E-state index in [-0.39, 0.29) is 0 Å². The predicted octanol–water partition coefficient (Wildman–Crippen LogP) is 3.97. The van der Waals surface area contributed by atoms with E-state index in [0.29, 0.717) is 0 Å². The molecule has 1 N–H and O–H groups in total. The molecule has 0 atom stereocenters. The number of nitrogens with one attached hydrogen (secondary N) is 1. The molecule has 1 aromatic carbocycles. The fraction of sp³-hybridized carbons (Fsp3) is 0.500. The second-order valence-corrected chi connectivity index (χ2v) is 5.11. The Balaban J connectivity index is 1.89. The Morgan fingerprint density at radius 3 is 2.59 bits per heavy atom. The fourth-order valence-corrected chi connectivity index (χ4v) is 2.08. The lowest BCUT2D eigenvalue weighted by molar-refractivity contribution is 0.715. The highest BCUT2D eigenvalue weighted by Crippen LogP contribution is 2.39. The number of hydrogen-bond donors (Lipinski definition) is 1. The topological polar surface area (TPSA) is 12.0 Å². The first-order chi connectivity index (χ1) is 8.29. The van der Waals surface area contributed by atoms with E-state index in [9.17, 15) is 0 Å². The lowest BCUT2D eigenvalue weighted by Gasteiger charge is -2.04. The molecule has 1 nitrogen and oxygen atoms in total. The van der Waals surface area contributed by atoms with E-state index in [2.05, 4.69) is 49.5 Å². The highest BCUT2D eigenvalue weighted by atomic mass is 14.8. The van der Waals surface area contributed by atoms with Gasteiger partial charge in [-0.05, 0) is 49.8 Å². The van der Waals surface area contributed by atoms with E-state index in [1.54, 1.807) is 0 Å². The molecule has 0 radical (unpaired) electrons. The maximum atomic E-state index is 3.43. The second-order valence-electron chi connectivity index (χ2n) is 5.11. The maximum Gasteiger partial charge on any atom is 0.0165 e. The predicted molar refractivity (Wildman–Crippen MR) is 75.2 cm³/mol. The SMILES string of the molecule is CCCNCC(C)=Cc1ccc(C2CC2)cc1. The zero-order chi connectivity index (χ0) is 12.1. The molecule has 2 rings (SSSR count). The Morgan fingerprint density at radius 1 is 1.29 bits per heavy atom. The Hall–Kier alpha value is -1.08. The molecule has 0 bridgehead atoms. The molecular weight excluding hydrogens is 206 g/mol. The van der Waals surface area contributed by atoms with Crippen molar-refractivity contribution in [3.05, 3.63) is 41.0 Å². The normalized spacial score (nSPS) is 16.2. The van der Waals surface area contributed by atoms with Crippen LogP contribution in [0.15, 0.2) is 29.8 Å². The van der Waals surface area contributed by atoms with Gasteiger partial charge >= 0.3 is 0 Å². The molecular formula is C16H23N. The molecule has 0 aliphatic heterocycles. The average Bonchev–Trinajstić information content (AvgIpc) is 3.14. The highest BCUT2D eigenvalue weighted by Gasteiger charge is 2.22. The van der Waals surface area contributed by atoms with E-state index < -0.39 is 0 Å². The first kappa shape index (κ1) is 12.4. The zero-order valence-electron chi connectivity index (χ0n) is 11.0. The lowest BCUT2D eigenvalue weighted by atomic mass is 10.1. The molecule has 1 aliphatic rings. The molecule has 92 valence electrons. The van der Waals surface area contributed by atoms with Crippen LogP contribution in [-0.4, -0.2) is 13.1 Å². The van der Waals surface area contributed by atoms with Crippen LogP contribution in [0.4, 0.5) is 0 Å². The number of rotatable bonds is 6. The van der Waals surface area contributed by atoms with Gasteiger partial charge in [0.15, 0.2) is 0 Å². The number of hydrogen-bond acceptors (Lipinski definition) is 1. The third kappa shape index (κ3) is 4.01. The van der Waals surface area contributed by atoms with Gasteiger partial charge in [0.1, 0.15) is 0 Å². The summed E-state index contributed by atoms with van der Waals surface area (Å²) >= 11 is 0. The van der Waals surface area contributed by atoms with Crippen molar-refractivity contribution in [2.75, 3.05) is 13.1 Å². The molecule has 0 spiro atoms. The molecule has 0 unspecified atom stereocenters. The summed E-state index contributed by atoms with van der Waals surface area (Å²) in [6.07, 6.45) is 6.24. The van der Waals surface area contributed by atoms with Gasteiger partial charge in [-0.1, -0.05) is 42.8 Å². The molecule has 1 aromatic rings. The minimum atomic E-state index is 0.861. The van der Waals surface area contributed by atoms with Gasteiger partial charge in [0.25, 0.3) is 0 Å². The molecule has 1 aliphatic carbocycles. The standard InChI is InChI=1S/C16H23N/c1-3-10-17-12-13(2)11-14-4-6-15(7-5-14)16-8-9-16/h4-7,11,16-17H,3,8-10,12H2,1-2H3. The number of benzene rings is 1. The summed E-state index contributed by atoms with van der Waals surface area (Å²) in [5.74, 6) is 0.861. The average molecular weight is 229 g/mol. The van der Waals surface area contributed by atoms with Crippen LogP contribution < -0.4 is 5.32 Å². The van der Waals surface area contributed by atoms with Gasteiger partial charge < -0.3 is 5.32 Å². The van der Waals surface area contributed by atoms with Crippen molar-refractivity contribution in [2.24, 2.45) is 0 Å². The third-order valence-electron chi connectivity index (χ3n) is 3.23. The summed E-state index contributed by atoms with van der Waals surface area (Å²) in [6.45, 7) is 6.49. The van der Waals surface area contributed by atoms with E-state index in [1.165, 1.54) is 36.0 Å². The van der Waals surface area contributed by atoms with Crippen molar-refractivity contribution in [3.8, 4) is 0 Å². The second kappa shape index (κ2) is 6.02. The van der Waals surface area contributed by atoms with Crippen LogP contribution >= 0.6 is 0 Å². The van der Waals surface area contributed by atoms with E-state index in [4.69, 9.17) is 0 Å². The minimum Gasteiger partial charge on any atom is -0.313 e. The quantitative estimate of drug-likeness (QED) is 0.728. The smallest absolute Gasteiger partial charge is 0.0165 e. The Kier molecular flexibility index (Phi) is 4.38. The molecule has 0 aromatic heterocycles. The Morgan fingerprint density at radius 2 is 2.00 bits per heavy atom. The van der Waals surface area contributed by atoms with Gasteiger partial charge in [0, 0.05) is 6.54 Å². The van der Waals surface area contributed by atoms with Gasteiger partial charge in [0.2, 0.25) is 0 Å². The summed E-state index contributed by atoms with van der Waals surface area (Å²) in [4.78, 5) is 0. The maximum absolute atomic E-state index is 3.43. The highest BCUT2D eigenvalue weighted by molar-refractivity contribution is 5.53. The van der Waals surface area contributed by atoms with Crippen LogP contribution in [0.5, 0.6) is 0 Å². The van der Waals surface area contributed by atoms with E-state index in [0.717, 1.165) is 19.0 Å². The molecule has 0 saturated heterocycles. The van der Waals surface area contributed by atoms with E-state index in [1.807, 2.05) is 0 Å². The van der Waals surface area contributed by atoms with Crippen molar-refractivity contribution in [1.29, 1.82) is 0 Å². The molecule has 1 saturated carbocycles. The monoisotopic (exact) mass is 229 g/mol. The summed E-state index contributed by atoms with van der Waals surface area (Å²) < 4.78 is 0. The van der Waals surface area contributed by atoms with Gasteiger partial charge in [-0.25, -0.2) is 0 Å². The summed E-state index contributed by atoms with van der Waals surface area (Å²) in [7, 11) is 0. The molecule has 1 heteroatoms. The van der Waals surface area contributed by atoms with Gasteiger partial charge in [0.05, 0.1) is 0 Å². The molecule has 1 fully saturated rings. The van der Waals surface area contributed by atoms with Crippen molar-refractivity contribution in [1.82, 2.24) is 5.32 Å². The zero-order valence-corrected chi connectivity index (χ0v) is 11.0. The summed E-state index contributed by atoms with van der Waals surface area (Å²) in [5.41, 5.74) is 4.24. The van der Waals surface area contributed by atoms with E-state index >= 15 is 0 Å². The summed E-state index contributed by atoms with van der Waals surface area (Å²) in [5, 5.41) is 3.43. The molecule has 0 heterocycles. The van der Waals surface area contributed by atoms with Crippen LogP contribution in [0.25, 0.3) is 6.08 Å².